The maximum Gasteiger partial charge on any atom is 0.301 e. The van der Waals surface area contributed by atoms with Crippen molar-refractivity contribution < 1.29 is 28.9 Å². The number of methoxy groups -OCH3 is 2. The molecule has 0 radical (unpaired) electrons. The van der Waals surface area contributed by atoms with Crippen molar-refractivity contribution in [1.29, 1.82) is 0 Å². The van der Waals surface area contributed by atoms with Crippen molar-refractivity contribution in [2.45, 2.75) is 13.0 Å². The van der Waals surface area contributed by atoms with Crippen LogP contribution in [0.15, 0.2) is 72.3 Å². The van der Waals surface area contributed by atoms with Crippen LogP contribution in [-0.2, 0) is 9.59 Å². The van der Waals surface area contributed by atoms with Gasteiger partial charge >= 0.3 is 5.91 Å². The first-order valence-electron chi connectivity index (χ1n) is 11.6. The molecule has 0 bridgehead atoms. The number of benzene rings is 3. The van der Waals surface area contributed by atoms with Gasteiger partial charge in [0.1, 0.15) is 17.6 Å². The second-order valence-corrected chi connectivity index (χ2v) is 9.19. The number of carbonyl (C=O) groups is 2. The van der Waals surface area contributed by atoms with E-state index >= 15 is 0 Å². The zero-order valence-corrected chi connectivity index (χ0v) is 21.2. The third kappa shape index (κ3) is 4.17. The predicted molar refractivity (Wildman–Crippen MR) is 142 cm³/mol. The number of aliphatic hydroxyl groups excluding tert-OH is 1. The molecule has 5 rings (SSSR count). The van der Waals surface area contributed by atoms with Crippen molar-refractivity contribution in [3.05, 3.63) is 83.4 Å². The van der Waals surface area contributed by atoms with Crippen LogP contribution >= 0.6 is 11.3 Å². The summed E-state index contributed by atoms with van der Waals surface area (Å²) in [4.78, 5) is 33.0. The summed E-state index contributed by atoms with van der Waals surface area (Å²) in [5.74, 6) is -0.433. The van der Waals surface area contributed by atoms with E-state index in [4.69, 9.17) is 14.2 Å². The van der Waals surface area contributed by atoms with Gasteiger partial charge in [-0.25, -0.2) is 4.98 Å². The van der Waals surface area contributed by atoms with Gasteiger partial charge in [0.2, 0.25) is 0 Å². The summed E-state index contributed by atoms with van der Waals surface area (Å²) in [6.45, 7) is 2.41. The molecule has 1 aliphatic rings. The fraction of sp³-hybridized carbons (Fsp3) is 0.179. The van der Waals surface area contributed by atoms with Crippen LogP contribution in [0.1, 0.15) is 24.1 Å². The van der Waals surface area contributed by atoms with Crippen molar-refractivity contribution in [3.8, 4) is 17.2 Å². The molecule has 1 amide bonds. The fourth-order valence-corrected chi connectivity index (χ4v) is 5.48. The van der Waals surface area contributed by atoms with Gasteiger partial charge in [0.15, 0.2) is 16.6 Å². The van der Waals surface area contributed by atoms with Crippen LogP contribution in [0.3, 0.4) is 0 Å². The number of para-hydroxylation sites is 1. The lowest BCUT2D eigenvalue weighted by Crippen LogP contribution is -2.29. The number of fused-ring (bicyclic) bond motifs is 1. The maximum absolute atomic E-state index is 13.5. The van der Waals surface area contributed by atoms with Crippen molar-refractivity contribution in [2.75, 3.05) is 25.7 Å². The first-order valence-corrected chi connectivity index (χ1v) is 12.4. The molecule has 37 heavy (non-hydrogen) atoms. The van der Waals surface area contributed by atoms with Crippen LogP contribution in [0.5, 0.6) is 17.2 Å². The van der Waals surface area contributed by atoms with Gasteiger partial charge in [-0.3, -0.25) is 14.5 Å². The zero-order valence-electron chi connectivity index (χ0n) is 20.4. The molecule has 8 nitrogen and oxygen atoms in total. The first-order chi connectivity index (χ1) is 18.0. The third-order valence-corrected chi connectivity index (χ3v) is 7.10. The van der Waals surface area contributed by atoms with Gasteiger partial charge in [0.05, 0.1) is 36.6 Å². The van der Waals surface area contributed by atoms with Crippen molar-refractivity contribution >= 4 is 44.1 Å². The number of aliphatic hydroxyl groups is 1. The van der Waals surface area contributed by atoms with Crippen molar-refractivity contribution in [2.24, 2.45) is 0 Å². The maximum atomic E-state index is 13.5. The Balaban J connectivity index is 1.75. The molecule has 188 valence electrons. The van der Waals surface area contributed by atoms with Crippen LogP contribution < -0.4 is 19.1 Å². The standard InChI is InChI=1S/C28H24N2O6S/c1-4-36-17-13-14-19-21(15-17)37-28(29-19)30-23(18-11-8-12-20(34-2)26(18)35-3)22(25(32)27(30)33)24(31)16-9-6-5-7-10-16/h5-15,23,31H,4H2,1-3H3/b24-22+/t23-/m0/s1. The van der Waals surface area contributed by atoms with E-state index in [1.165, 1.54) is 30.5 Å². The van der Waals surface area contributed by atoms with Gasteiger partial charge in [0.25, 0.3) is 5.78 Å². The highest BCUT2D eigenvalue weighted by molar-refractivity contribution is 7.22. The largest absolute Gasteiger partial charge is 0.507 e. The molecule has 0 spiro atoms. The quantitative estimate of drug-likeness (QED) is 0.201. The van der Waals surface area contributed by atoms with E-state index < -0.39 is 17.7 Å². The summed E-state index contributed by atoms with van der Waals surface area (Å²) in [6.07, 6.45) is 0. The predicted octanol–water partition coefficient (Wildman–Crippen LogP) is 5.34. The van der Waals surface area contributed by atoms with Gasteiger partial charge in [-0.2, -0.15) is 0 Å². The number of hydrogen-bond acceptors (Lipinski definition) is 8. The van der Waals surface area contributed by atoms with E-state index in [1.54, 1.807) is 54.6 Å². The molecule has 0 saturated carbocycles. The molecule has 1 N–H and O–H groups in total. The molecule has 9 heteroatoms. The molecule has 1 saturated heterocycles. The second kappa shape index (κ2) is 9.94. The third-order valence-electron chi connectivity index (χ3n) is 6.09. The van der Waals surface area contributed by atoms with Gasteiger partial charge < -0.3 is 19.3 Å². The van der Waals surface area contributed by atoms with Gasteiger partial charge in [-0.05, 0) is 31.2 Å². The highest BCUT2D eigenvalue weighted by Gasteiger charge is 2.49. The molecule has 2 heterocycles. The molecule has 0 aliphatic carbocycles. The average molecular weight is 517 g/mol. The van der Waals surface area contributed by atoms with E-state index in [0.717, 1.165) is 4.70 Å². The normalized spacial score (nSPS) is 16.8. The molecule has 1 fully saturated rings. The Hall–Kier alpha value is -4.37. The number of carbonyl (C=O) groups excluding carboxylic acids is 2. The topological polar surface area (TPSA) is 98.2 Å². The highest BCUT2D eigenvalue weighted by Crippen LogP contribution is 2.48. The summed E-state index contributed by atoms with van der Waals surface area (Å²) in [6, 6.07) is 18.3. The minimum absolute atomic E-state index is 0.0583. The number of rotatable bonds is 7. The first kappa shape index (κ1) is 24.3. The summed E-state index contributed by atoms with van der Waals surface area (Å²) in [5, 5.41) is 11.6. The molecule has 1 atom stereocenters. The van der Waals surface area contributed by atoms with Crippen LogP contribution in [0.25, 0.3) is 16.0 Å². The summed E-state index contributed by atoms with van der Waals surface area (Å²) in [5.41, 5.74) is 1.49. The van der Waals surface area contributed by atoms with Crippen LogP contribution in [-0.4, -0.2) is 42.6 Å². The molecule has 3 aromatic carbocycles. The Kier molecular flexibility index (Phi) is 6.54. The minimum atomic E-state index is -1.00. The number of ether oxygens (including phenoxy) is 3. The monoisotopic (exact) mass is 516 g/mol. The van der Waals surface area contributed by atoms with Crippen molar-refractivity contribution in [3.63, 3.8) is 0 Å². The van der Waals surface area contributed by atoms with E-state index in [-0.39, 0.29) is 11.3 Å². The molecular weight excluding hydrogens is 492 g/mol. The van der Waals surface area contributed by atoms with Gasteiger partial charge in [-0.15, -0.1) is 0 Å². The lowest BCUT2D eigenvalue weighted by Gasteiger charge is -2.25. The zero-order chi connectivity index (χ0) is 26.1. The number of amides is 1. The average Bonchev–Trinajstić information content (AvgIpc) is 3.46. The van der Waals surface area contributed by atoms with E-state index in [2.05, 4.69) is 4.98 Å². The SMILES string of the molecule is CCOc1ccc2nc(N3C(=O)C(=O)/C(=C(/O)c4ccccc4)[C@@H]3c3cccc(OC)c3OC)sc2c1. The number of aromatic nitrogens is 1. The molecule has 1 aliphatic heterocycles. The number of ketones is 1. The Morgan fingerprint density at radius 1 is 1.03 bits per heavy atom. The number of thiazole rings is 1. The summed E-state index contributed by atoms with van der Waals surface area (Å²) < 4.78 is 17.5. The Morgan fingerprint density at radius 2 is 1.81 bits per heavy atom. The van der Waals surface area contributed by atoms with Crippen LogP contribution in [0.2, 0.25) is 0 Å². The smallest absolute Gasteiger partial charge is 0.301 e. The van der Waals surface area contributed by atoms with Crippen molar-refractivity contribution in [1.82, 2.24) is 4.98 Å². The van der Waals surface area contributed by atoms with Gasteiger partial charge in [0, 0.05) is 11.1 Å². The number of hydrogen-bond donors (Lipinski definition) is 1. The van der Waals surface area contributed by atoms with Crippen LogP contribution in [0.4, 0.5) is 5.13 Å². The number of anilines is 1. The number of Topliss-reactive ketones (excluding diaryl/α,β-unsaturated/α-hetero) is 1. The number of nitrogens with zero attached hydrogens (tertiary/aromatic N) is 2. The Labute approximate surface area is 217 Å². The fourth-order valence-electron chi connectivity index (χ4n) is 4.46. The summed E-state index contributed by atoms with van der Waals surface area (Å²) >= 11 is 1.26. The van der Waals surface area contributed by atoms with E-state index in [9.17, 15) is 14.7 Å². The Morgan fingerprint density at radius 3 is 2.51 bits per heavy atom. The van der Waals surface area contributed by atoms with E-state index in [0.29, 0.717) is 45.6 Å². The van der Waals surface area contributed by atoms with Gasteiger partial charge in [-0.1, -0.05) is 53.8 Å². The second-order valence-electron chi connectivity index (χ2n) is 8.18. The lowest BCUT2D eigenvalue weighted by molar-refractivity contribution is -0.132. The highest BCUT2D eigenvalue weighted by atomic mass is 32.1. The lowest BCUT2D eigenvalue weighted by atomic mass is 9.94. The Bertz CT molecular complexity index is 1530. The van der Waals surface area contributed by atoms with Crippen LogP contribution in [0, 0.1) is 0 Å². The molecular formula is C28H24N2O6S. The minimum Gasteiger partial charge on any atom is -0.507 e. The molecule has 4 aromatic rings. The summed E-state index contributed by atoms with van der Waals surface area (Å²) in [7, 11) is 2.99. The molecule has 1 aromatic heterocycles. The molecule has 0 unspecified atom stereocenters. The van der Waals surface area contributed by atoms with E-state index in [1.807, 2.05) is 19.1 Å².